The van der Waals surface area contributed by atoms with Crippen molar-refractivity contribution in [3.8, 4) is 23.7 Å². The second-order valence-corrected chi connectivity index (χ2v) is 10.9. The number of hydrogen-bond donors (Lipinski definition) is 1. The van der Waals surface area contributed by atoms with E-state index in [-0.39, 0.29) is 17.9 Å². The highest BCUT2D eigenvalue weighted by atomic mass is 16.5. The lowest BCUT2D eigenvalue weighted by atomic mass is 9.87. The number of amides is 1. The van der Waals surface area contributed by atoms with Gasteiger partial charge in [-0.1, -0.05) is 5.92 Å². The second-order valence-electron chi connectivity index (χ2n) is 10.9. The largest absolute Gasteiger partial charge is 0.481 e. The number of carbonyl (C=O) groups excluding carboxylic acids is 1. The molecule has 3 saturated heterocycles. The quantitative estimate of drug-likeness (QED) is 0.602. The van der Waals surface area contributed by atoms with E-state index in [2.05, 4.69) is 39.2 Å². The van der Waals surface area contributed by atoms with E-state index in [1.165, 1.54) is 5.56 Å². The number of carbonyl (C=O) groups is 1. The van der Waals surface area contributed by atoms with Crippen LogP contribution in [0, 0.1) is 23.2 Å². The molecule has 1 N–H and O–H groups in total. The van der Waals surface area contributed by atoms with Crippen LogP contribution in [0.25, 0.3) is 0 Å². The summed E-state index contributed by atoms with van der Waals surface area (Å²) in [5.74, 6) is 7.21. The van der Waals surface area contributed by atoms with Gasteiger partial charge in [-0.15, -0.1) is 0 Å². The summed E-state index contributed by atoms with van der Waals surface area (Å²) in [6.45, 7) is 8.52. The highest BCUT2D eigenvalue weighted by molar-refractivity contribution is 5.93. The van der Waals surface area contributed by atoms with Gasteiger partial charge in [0.2, 0.25) is 0 Å². The normalized spacial score (nSPS) is 22.1. The number of anilines is 2. The van der Waals surface area contributed by atoms with Gasteiger partial charge in [0.15, 0.2) is 11.4 Å². The van der Waals surface area contributed by atoms with Crippen molar-refractivity contribution < 1.29 is 14.3 Å². The molecule has 0 bridgehead atoms. The Morgan fingerprint density at radius 1 is 1.15 bits per heavy atom. The predicted octanol–water partition coefficient (Wildman–Crippen LogP) is 3.85. The fraction of sp³-hybridized carbons (Fsp3) is 0.533. The smallest absolute Gasteiger partial charge is 0.298 e. The van der Waals surface area contributed by atoms with Crippen LogP contribution in [0.3, 0.4) is 0 Å². The summed E-state index contributed by atoms with van der Waals surface area (Å²) in [4.78, 5) is 25.8. The molecular formula is C30H34N6O3. The SMILES string of the molecule is CC#CC(=O)N1CCC(N2CC(c3cc4c(c(C#N)n3)O[C@H](C)c3c(C5CCOCC5)ccnc3N4)C2)CC1. The lowest BCUT2D eigenvalue weighted by Crippen LogP contribution is -2.54. The van der Waals surface area contributed by atoms with Gasteiger partial charge in [-0.05, 0) is 69.1 Å². The molecule has 1 atom stereocenters. The van der Waals surface area contributed by atoms with Crippen LogP contribution in [0.2, 0.25) is 0 Å². The van der Waals surface area contributed by atoms with Crippen LogP contribution in [0.15, 0.2) is 18.3 Å². The third-order valence-corrected chi connectivity index (χ3v) is 8.57. The first-order valence-corrected chi connectivity index (χ1v) is 14.0. The van der Waals surface area contributed by atoms with Gasteiger partial charge in [0.05, 0.1) is 5.69 Å². The molecule has 4 aliphatic rings. The summed E-state index contributed by atoms with van der Waals surface area (Å²) >= 11 is 0. The minimum atomic E-state index is -0.264. The van der Waals surface area contributed by atoms with Crippen molar-refractivity contribution in [2.45, 2.75) is 63.5 Å². The van der Waals surface area contributed by atoms with Crippen molar-refractivity contribution in [2.75, 3.05) is 44.7 Å². The molecule has 0 aromatic carbocycles. The minimum absolute atomic E-state index is 0.0735. The molecule has 9 nitrogen and oxygen atoms in total. The van der Waals surface area contributed by atoms with Crippen molar-refractivity contribution in [3.05, 3.63) is 40.8 Å². The molecule has 0 spiro atoms. The Labute approximate surface area is 229 Å². The lowest BCUT2D eigenvalue weighted by Gasteiger charge is -2.46. The number of rotatable bonds is 3. The number of likely N-dealkylation sites (tertiary alicyclic amines) is 2. The van der Waals surface area contributed by atoms with E-state index >= 15 is 0 Å². The van der Waals surface area contributed by atoms with E-state index in [1.54, 1.807) is 6.92 Å². The third kappa shape index (κ3) is 4.93. The van der Waals surface area contributed by atoms with Gasteiger partial charge >= 0.3 is 0 Å². The van der Waals surface area contributed by atoms with Crippen molar-refractivity contribution in [1.29, 1.82) is 5.26 Å². The molecule has 0 unspecified atom stereocenters. The number of ether oxygens (including phenoxy) is 2. The number of aromatic nitrogens is 2. The molecular weight excluding hydrogens is 492 g/mol. The highest BCUT2D eigenvalue weighted by Crippen LogP contribution is 2.45. The van der Waals surface area contributed by atoms with Gasteiger partial charge in [-0.3, -0.25) is 9.69 Å². The van der Waals surface area contributed by atoms with E-state index in [9.17, 15) is 10.1 Å². The summed E-state index contributed by atoms with van der Waals surface area (Å²) in [7, 11) is 0. The topological polar surface area (TPSA) is 104 Å². The number of fused-ring (bicyclic) bond motifs is 2. The summed E-state index contributed by atoms with van der Waals surface area (Å²) in [5, 5.41) is 13.5. The summed E-state index contributed by atoms with van der Waals surface area (Å²) in [6.07, 6.45) is 5.46. The van der Waals surface area contributed by atoms with Crippen molar-refractivity contribution in [3.63, 3.8) is 0 Å². The molecule has 0 aliphatic carbocycles. The molecule has 4 aliphatic heterocycles. The van der Waals surface area contributed by atoms with E-state index in [1.807, 2.05) is 24.1 Å². The third-order valence-electron chi connectivity index (χ3n) is 8.57. The Bertz CT molecular complexity index is 1360. The molecule has 202 valence electrons. The summed E-state index contributed by atoms with van der Waals surface area (Å²) in [6, 6.07) is 6.87. The van der Waals surface area contributed by atoms with Crippen molar-refractivity contribution >= 4 is 17.4 Å². The van der Waals surface area contributed by atoms with Crippen LogP contribution in [-0.2, 0) is 9.53 Å². The highest BCUT2D eigenvalue weighted by Gasteiger charge is 2.37. The van der Waals surface area contributed by atoms with Gasteiger partial charge in [-0.2, -0.15) is 5.26 Å². The Morgan fingerprint density at radius 2 is 1.92 bits per heavy atom. The van der Waals surface area contributed by atoms with Gasteiger partial charge in [0.25, 0.3) is 5.91 Å². The average molecular weight is 527 g/mol. The lowest BCUT2D eigenvalue weighted by molar-refractivity contribution is -0.126. The number of piperidine rings is 1. The maximum atomic E-state index is 12.1. The first kappa shape index (κ1) is 25.6. The zero-order valence-corrected chi connectivity index (χ0v) is 22.6. The standard InChI is InChI=1S/C30H34N6O3/c1-3-4-27(37)35-11-6-22(7-12-35)36-17-21(18-36)24-15-25-29(26(16-31)33-24)39-19(2)28-23(5-10-32-30(28)34-25)20-8-13-38-14-9-20/h5,10,15,19-22H,6-9,11-14,17-18H2,1-2H3,(H,32,34)/t19-/m1/s1. The van der Waals surface area contributed by atoms with Gasteiger partial charge in [0.1, 0.15) is 18.0 Å². The molecule has 0 saturated carbocycles. The van der Waals surface area contributed by atoms with Crippen molar-refractivity contribution in [1.82, 2.24) is 19.8 Å². The number of hydrogen-bond acceptors (Lipinski definition) is 8. The minimum Gasteiger partial charge on any atom is -0.481 e. The zero-order chi connectivity index (χ0) is 26.9. The molecule has 1 amide bonds. The fourth-order valence-electron chi connectivity index (χ4n) is 6.41. The molecule has 2 aromatic heterocycles. The Morgan fingerprint density at radius 3 is 2.64 bits per heavy atom. The summed E-state index contributed by atoms with van der Waals surface area (Å²) < 4.78 is 12.0. The second kappa shape index (κ2) is 10.8. The maximum Gasteiger partial charge on any atom is 0.298 e. The van der Waals surface area contributed by atoms with Gasteiger partial charge in [-0.25, -0.2) is 9.97 Å². The van der Waals surface area contributed by atoms with Crippen LogP contribution < -0.4 is 10.1 Å². The Kier molecular flexibility index (Phi) is 7.12. The molecule has 2 aromatic rings. The predicted molar refractivity (Wildman–Crippen MR) is 146 cm³/mol. The fourth-order valence-corrected chi connectivity index (χ4v) is 6.41. The first-order chi connectivity index (χ1) is 19.1. The van der Waals surface area contributed by atoms with Crippen LogP contribution in [0.1, 0.15) is 80.0 Å². The first-order valence-electron chi connectivity index (χ1n) is 14.0. The van der Waals surface area contributed by atoms with E-state index < -0.39 is 0 Å². The van der Waals surface area contributed by atoms with E-state index in [0.717, 1.165) is 87.8 Å². The molecule has 6 rings (SSSR count). The molecule has 9 heteroatoms. The molecule has 3 fully saturated rings. The van der Waals surface area contributed by atoms with Crippen LogP contribution in [0.4, 0.5) is 11.5 Å². The van der Waals surface area contributed by atoms with Crippen molar-refractivity contribution in [2.24, 2.45) is 0 Å². The monoisotopic (exact) mass is 526 g/mol. The maximum absolute atomic E-state index is 12.1. The molecule has 39 heavy (non-hydrogen) atoms. The number of pyridine rings is 2. The molecule has 6 heterocycles. The zero-order valence-electron chi connectivity index (χ0n) is 22.6. The molecule has 0 radical (unpaired) electrons. The van der Waals surface area contributed by atoms with Crippen LogP contribution in [0.5, 0.6) is 5.75 Å². The summed E-state index contributed by atoms with van der Waals surface area (Å²) in [5.41, 5.74) is 4.26. The number of nitriles is 1. The number of nitrogens with one attached hydrogen (secondary N) is 1. The van der Waals surface area contributed by atoms with E-state index in [0.29, 0.717) is 23.4 Å². The van der Waals surface area contributed by atoms with E-state index in [4.69, 9.17) is 14.5 Å². The Hall–Kier alpha value is -3.66. The average Bonchev–Trinajstić information content (AvgIpc) is 3.08. The number of nitrogens with zero attached hydrogens (tertiary/aromatic N) is 5. The van der Waals surface area contributed by atoms with Crippen LogP contribution >= 0.6 is 0 Å². The Balaban J connectivity index is 1.19. The van der Waals surface area contributed by atoms with Gasteiger partial charge in [0, 0.05) is 68.8 Å². The van der Waals surface area contributed by atoms with Gasteiger partial charge < -0.3 is 19.7 Å². The van der Waals surface area contributed by atoms with Crippen LogP contribution in [-0.4, -0.2) is 71.1 Å².